The van der Waals surface area contributed by atoms with Crippen molar-refractivity contribution in [1.82, 2.24) is 0 Å². The summed E-state index contributed by atoms with van der Waals surface area (Å²) in [6.07, 6.45) is 1.54. The van der Waals surface area contributed by atoms with Crippen LogP contribution in [0.1, 0.15) is 15.9 Å². The van der Waals surface area contributed by atoms with E-state index in [0.717, 1.165) is 16.7 Å². The maximum Gasteiger partial charge on any atom is 0.335 e. The average molecular weight is 415 g/mol. The number of imide groups is 1. The Balaban J connectivity index is 1.98. The third-order valence-corrected chi connectivity index (χ3v) is 5.00. The number of aromatic carboxylic acids is 1. The maximum absolute atomic E-state index is 12.8. The highest BCUT2D eigenvalue weighted by atomic mass is 32.2. The van der Waals surface area contributed by atoms with Crippen molar-refractivity contribution in [2.75, 3.05) is 26.2 Å². The average Bonchev–Trinajstić information content (AvgIpc) is 3.00. The molecule has 29 heavy (non-hydrogen) atoms. The van der Waals surface area contributed by atoms with Gasteiger partial charge in [0.25, 0.3) is 11.1 Å². The Labute approximate surface area is 170 Å². The molecule has 3 rings (SSSR count). The molecule has 150 valence electrons. The molecule has 1 aliphatic heterocycles. The van der Waals surface area contributed by atoms with Gasteiger partial charge in [-0.1, -0.05) is 6.07 Å². The summed E-state index contributed by atoms with van der Waals surface area (Å²) in [6, 6.07) is 8.95. The van der Waals surface area contributed by atoms with E-state index in [2.05, 4.69) is 0 Å². The van der Waals surface area contributed by atoms with Crippen molar-refractivity contribution >= 4 is 40.6 Å². The van der Waals surface area contributed by atoms with Crippen LogP contribution in [0.3, 0.4) is 0 Å². The van der Waals surface area contributed by atoms with Gasteiger partial charge < -0.3 is 19.3 Å². The number of benzene rings is 2. The largest absolute Gasteiger partial charge is 0.493 e. The van der Waals surface area contributed by atoms with E-state index in [1.807, 2.05) is 0 Å². The fourth-order valence-corrected chi connectivity index (χ4v) is 3.65. The van der Waals surface area contributed by atoms with Crippen LogP contribution in [0.2, 0.25) is 0 Å². The highest BCUT2D eigenvalue weighted by Crippen LogP contribution is 2.41. The molecule has 1 aliphatic rings. The fourth-order valence-electron chi connectivity index (χ4n) is 2.80. The zero-order valence-corrected chi connectivity index (χ0v) is 16.6. The molecule has 1 heterocycles. The van der Waals surface area contributed by atoms with Gasteiger partial charge in [-0.25, -0.2) is 9.69 Å². The van der Waals surface area contributed by atoms with E-state index in [-0.39, 0.29) is 16.2 Å². The molecular formula is C20H17NO7S. The van der Waals surface area contributed by atoms with Crippen molar-refractivity contribution in [2.45, 2.75) is 0 Å². The monoisotopic (exact) mass is 415 g/mol. The zero-order valence-electron chi connectivity index (χ0n) is 15.8. The molecule has 2 aromatic rings. The third kappa shape index (κ3) is 3.90. The third-order valence-electron chi connectivity index (χ3n) is 4.13. The molecule has 0 aromatic heterocycles. The molecule has 0 bridgehead atoms. The number of hydrogen-bond acceptors (Lipinski definition) is 7. The van der Waals surface area contributed by atoms with Gasteiger partial charge in [-0.2, -0.15) is 0 Å². The minimum Gasteiger partial charge on any atom is -0.493 e. The number of nitrogens with zero attached hydrogens (tertiary/aromatic N) is 1. The zero-order chi connectivity index (χ0) is 21.1. The Morgan fingerprint density at radius 1 is 1.03 bits per heavy atom. The Hall–Kier alpha value is -3.46. The van der Waals surface area contributed by atoms with Gasteiger partial charge in [-0.15, -0.1) is 0 Å². The quantitative estimate of drug-likeness (QED) is 0.714. The van der Waals surface area contributed by atoms with Crippen molar-refractivity contribution in [3.05, 3.63) is 52.4 Å². The number of carboxylic acids is 1. The SMILES string of the molecule is COc1cc(/C=C2/SC(=O)N(c3cccc(C(=O)O)c3)C2=O)cc(OC)c1OC. The molecule has 1 saturated heterocycles. The standard InChI is InChI=1S/C20H17NO7S/c1-26-14-7-11(8-15(27-2)17(14)28-3)9-16-18(22)21(20(25)29-16)13-6-4-5-12(10-13)19(23)24/h4-10H,1-3H3,(H,23,24)/b16-9+. The molecule has 2 aromatic carbocycles. The van der Waals surface area contributed by atoms with E-state index < -0.39 is 17.1 Å². The van der Waals surface area contributed by atoms with E-state index in [4.69, 9.17) is 19.3 Å². The van der Waals surface area contributed by atoms with Gasteiger partial charge in [0.1, 0.15) is 0 Å². The minimum absolute atomic E-state index is 0.0184. The molecule has 2 amide bonds. The number of methoxy groups -OCH3 is 3. The van der Waals surface area contributed by atoms with Gasteiger partial charge in [0, 0.05) is 0 Å². The number of hydrogen-bond donors (Lipinski definition) is 1. The van der Waals surface area contributed by atoms with Crippen LogP contribution in [0.15, 0.2) is 41.3 Å². The fraction of sp³-hybridized carbons (Fsp3) is 0.150. The first-order chi connectivity index (χ1) is 13.9. The van der Waals surface area contributed by atoms with E-state index in [1.165, 1.54) is 51.7 Å². The van der Waals surface area contributed by atoms with Crippen molar-refractivity contribution in [1.29, 1.82) is 0 Å². The molecule has 9 heteroatoms. The van der Waals surface area contributed by atoms with Crippen LogP contribution in [-0.2, 0) is 4.79 Å². The second-order valence-corrected chi connectivity index (χ2v) is 6.82. The topological polar surface area (TPSA) is 102 Å². The summed E-state index contributed by atoms with van der Waals surface area (Å²) in [5.74, 6) is -0.466. The van der Waals surface area contributed by atoms with Crippen LogP contribution < -0.4 is 19.1 Å². The molecule has 0 unspecified atom stereocenters. The van der Waals surface area contributed by atoms with Crippen molar-refractivity contribution in [3.63, 3.8) is 0 Å². The second-order valence-electron chi connectivity index (χ2n) is 5.83. The highest BCUT2D eigenvalue weighted by molar-refractivity contribution is 8.19. The number of carbonyl (C=O) groups excluding carboxylic acids is 2. The van der Waals surface area contributed by atoms with E-state index in [9.17, 15) is 14.4 Å². The van der Waals surface area contributed by atoms with Crippen molar-refractivity contribution < 1.29 is 33.7 Å². The Morgan fingerprint density at radius 2 is 1.69 bits per heavy atom. The lowest BCUT2D eigenvalue weighted by Crippen LogP contribution is -2.27. The number of thioether (sulfide) groups is 1. The van der Waals surface area contributed by atoms with Crippen molar-refractivity contribution in [2.24, 2.45) is 0 Å². The predicted octanol–water partition coefficient (Wildman–Crippen LogP) is 3.65. The number of carboxylic acid groups (broad SMARTS) is 1. The number of ether oxygens (including phenoxy) is 3. The first-order valence-electron chi connectivity index (χ1n) is 8.31. The molecule has 1 N–H and O–H groups in total. The summed E-state index contributed by atoms with van der Waals surface area (Å²) in [5.41, 5.74) is 0.750. The molecule has 0 atom stereocenters. The van der Waals surface area contributed by atoms with Gasteiger partial charge in [0.15, 0.2) is 11.5 Å². The predicted molar refractivity (Wildman–Crippen MR) is 108 cm³/mol. The van der Waals surface area contributed by atoms with Gasteiger partial charge in [0.05, 0.1) is 37.5 Å². The Kier molecular flexibility index (Phi) is 5.79. The van der Waals surface area contributed by atoms with Crippen LogP contribution in [-0.4, -0.2) is 43.6 Å². The molecule has 0 spiro atoms. The lowest BCUT2D eigenvalue weighted by Gasteiger charge is -2.13. The first kappa shape index (κ1) is 20.3. The van der Waals surface area contributed by atoms with E-state index in [0.29, 0.717) is 22.8 Å². The van der Waals surface area contributed by atoms with Crippen LogP contribution >= 0.6 is 11.8 Å². The van der Waals surface area contributed by atoms with Crippen LogP contribution in [0.5, 0.6) is 17.2 Å². The normalized spacial score (nSPS) is 15.0. The molecular weight excluding hydrogens is 398 g/mol. The molecule has 0 radical (unpaired) electrons. The smallest absolute Gasteiger partial charge is 0.335 e. The summed E-state index contributed by atoms with van der Waals surface area (Å²) >= 11 is 0.761. The van der Waals surface area contributed by atoms with Crippen LogP contribution in [0, 0.1) is 0 Å². The second kappa shape index (κ2) is 8.27. The van der Waals surface area contributed by atoms with Gasteiger partial charge in [-0.05, 0) is 53.7 Å². The summed E-state index contributed by atoms with van der Waals surface area (Å²) in [4.78, 5) is 37.5. The molecule has 1 fully saturated rings. The Morgan fingerprint density at radius 3 is 2.24 bits per heavy atom. The molecule has 0 aliphatic carbocycles. The van der Waals surface area contributed by atoms with Crippen LogP contribution in [0.25, 0.3) is 6.08 Å². The maximum atomic E-state index is 12.8. The lowest BCUT2D eigenvalue weighted by atomic mass is 10.1. The summed E-state index contributed by atoms with van der Waals surface area (Å²) in [5, 5.41) is 8.62. The lowest BCUT2D eigenvalue weighted by molar-refractivity contribution is -0.113. The van der Waals surface area contributed by atoms with Crippen molar-refractivity contribution in [3.8, 4) is 17.2 Å². The van der Waals surface area contributed by atoms with Crippen LogP contribution in [0.4, 0.5) is 10.5 Å². The van der Waals surface area contributed by atoms with Gasteiger partial charge >= 0.3 is 5.97 Å². The summed E-state index contributed by atoms with van der Waals surface area (Å²) in [6.45, 7) is 0. The summed E-state index contributed by atoms with van der Waals surface area (Å²) in [7, 11) is 4.44. The number of carbonyl (C=O) groups is 3. The first-order valence-corrected chi connectivity index (χ1v) is 9.12. The summed E-state index contributed by atoms with van der Waals surface area (Å²) < 4.78 is 15.9. The van der Waals surface area contributed by atoms with Gasteiger partial charge in [-0.3, -0.25) is 9.59 Å². The number of amides is 2. The number of rotatable bonds is 6. The minimum atomic E-state index is -1.15. The van der Waals surface area contributed by atoms with E-state index >= 15 is 0 Å². The highest BCUT2D eigenvalue weighted by Gasteiger charge is 2.36. The van der Waals surface area contributed by atoms with Gasteiger partial charge in [0.2, 0.25) is 5.75 Å². The van der Waals surface area contributed by atoms with E-state index in [1.54, 1.807) is 12.1 Å². The molecule has 0 saturated carbocycles. The number of anilines is 1. The Bertz CT molecular complexity index is 1010. The molecule has 8 nitrogen and oxygen atoms in total.